The van der Waals surface area contributed by atoms with E-state index in [2.05, 4.69) is 5.32 Å². The lowest BCUT2D eigenvalue weighted by Gasteiger charge is -2.24. The topological polar surface area (TPSA) is 86.3 Å². The van der Waals surface area contributed by atoms with Gasteiger partial charge in [0.05, 0.1) is 6.61 Å². The van der Waals surface area contributed by atoms with Gasteiger partial charge in [0, 0.05) is 31.4 Å². The van der Waals surface area contributed by atoms with E-state index in [4.69, 9.17) is 18.9 Å². The van der Waals surface area contributed by atoms with Crippen LogP contribution in [0.4, 0.5) is 10.5 Å². The van der Waals surface area contributed by atoms with Crippen LogP contribution in [0.5, 0.6) is 11.5 Å². The average molecular weight is 400 g/mol. The largest absolute Gasteiger partial charge is 0.464 e. The summed E-state index contributed by atoms with van der Waals surface area (Å²) in [4.78, 5) is 26.9. The van der Waals surface area contributed by atoms with Crippen LogP contribution in [0.1, 0.15) is 24.1 Å². The number of anilines is 1. The highest BCUT2D eigenvalue weighted by atomic mass is 16.7. The first-order valence-corrected chi connectivity index (χ1v) is 9.24. The van der Waals surface area contributed by atoms with Crippen molar-refractivity contribution in [2.24, 2.45) is 0 Å². The van der Waals surface area contributed by atoms with Crippen LogP contribution in [-0.4, -0.2) is 39.6 Å². The number of carbonyl (C=O) groups excluding carboxylic acids is 2. The van der Waals surface area contributed by atoms with Crippen LogP contribution in [0.15, 0.2) is 42.5 Å². The highest BCUT2D eigenvalue weighted by Crippen LogP contribution is 2.40. The molecule has 1 heterocycles. The Labute approximate surface area is 169 Å². The molecule has 8 heteroatoms. The van der Waals surface area contributed by atoms with Crippen LogP contribution < -0.4 is 19.7 Å². The summed E-state index contributed by atoms with van der Waals surface area (Å²) in [7, 11) is 3.66. The summed E-state index contributed by atoms with van der Waals surface area (Å²) in [6, 6.07) is 11.7. The number of hydrogen-bond donors (Lipinski definition) is 1. The van der Waals surface area contributed by atoms with Crippen molar-refractivity contribution in [3.05, 3.63) is 53.6 Å². The van der Waals surface area contributed by atoms with E-state index in [9.17, 15) is 9.59 Å². The summed E-state index contributed by atoms with van der Waals surface area (Å²) in [6.07, 6.45) is -0.728. The van der Waals surface area contributed by atoms with Crippen LogP contribution in [0, 0.1) is 0 Å². The fourth-order valence-electron chi connectivity index (χ4n) is 2.94. The first-order chi connectivity index (χ1) is 14.0. The minimum absolute atomic E-state index is 0.0872. The van der Waals surface area contributed by atoms with Crippen LogP contribution in [0.2, 0.25) is 0 Å². The second kappa shape index (κ2) is 9.18. The molecule has 1 amide bonds. The summed E-state index contributed by atoms with van der Waals surface area (Å²) in [5.74, 6) is 0.484. The number of ether oxygens (including phenoxy) is 4. The molecule has 0 unspecified atom stereocenters. The Morgan fingerprint density at radius 1 is 1.10 bits per heavy atom. The molecule has 1 aliphatic heterocycles. The summed E-state index contributed by atoms with van der Waals surface area (Å²) in [6.45, 7) is 2.07. The SMILES string of the molecule is CCOC(=O)[C@@H](NC(=O)OCc1ccccc1)c1cc2c(cc1N(C)C)OCO2. The zero-order valence-electron chi connectivity index (χ0n) is 16.6. The van der Waals surface area contributed by atoms with Crippen LogP contribution in [0.3, 0.4) is 0 Å². The van der Waals surface area contributed by atoms with Crippen molar-refractivity contribution >= 4 is 17.7 Å². The van der Waals surface area contributed by atoms with Crippen molar-refractivity contribution in [3.8, 4) is 11.5 Å². The zero-order valence-corrected chi connectivity index (χ0v) is 16.6. The third kappa shape index (κ3) is 4.90. The first kappa shape index (κ1) is 20.3. The normalized spacial score (nSPS) is 12.8. The molecule has 1 N–H and O–H groups in total. The molecule has 3 rings (SSSR count). The minimum atomic E-state index is -1.06. The van der Waals surface area contributed by atoms with E-state index in [0.29, 0.717) is 22.7 Å². The maximum Gasteiger partial charge on any atom is 0.408 e. The average Bonchev–Trinajstić information content (AvgIpc) is 3.18. The lowest BCUT2D eigenvalue weighted by molar-refractivity contribution is -0.145. The van der Waals surface area contributed by atoms with Gasteiger partial charge < -0.3 is 29.2 Å². The van der Waals surface area contributed by atoms with Gasteiger partial charge in [-0.1, -0.05) is 30.3 Å². The summed E-state index contributed by atoms with van der Waals surface area (Å²) < 4.78 is 21.3. The van der Waals surface area contributed by atoms with Crippen LogP contribution >= 0.6 is 0 Å². The van der Waals surface area contributed by atoms with Gasteiger partial charge in [-0.2, -0.15) is 0 Å². The Kier molecular flexibility index (Phi) is 6.43. The van der Waals surface area contributed by atoms with Crippen LogP contribution in [0.25, 0.3) is 0 Å². The van der Waals surface area contributed by atoms with E-state index in [-0.39, 0.29) is 20.0 Å². The molecule has 0 saturated carbocycles. The Hall–Kier alpha value is -3.42. The number of carbonyl (C=O) groups is 2. The number of nitrogens with zero attached hydrogens (tertiary/aromatic N) is 1. The minimum Gasteiger partial charge on any atom is -0.464 e. The fraction of sp³-hybridized carbons (Fsp3) is 0.333. The molecule has 0 radical (unpaired) electrons. The van der Waals surface area contributed by atoms with E-state index in [0.717, 1.165) is 5.56 Å². The van der Waals surface area contributed by atoms with E-state index in [1.165, 1.54) is 0 Å². The van der Waals surface area contributed by atoms with E-state index in [1.54, 1.807) is 19.1 Å². The summed E-state index contributed by atoms with van der Waals surface area (Å²) >= 11 is 0. The van der Waals surface area contributed by atoms with Crippen molar-refractivity contribution < 1.29 is 28.5 Å². The molecule has 154 valence electrons. The molecule has 0 spiro atoms. The number of esters is 1. The quantitative estimate of drug-likeness (QED) is 0.715. The molecular weight excluding hydrogens is 376 g/mol. The first-order valence-electron chi connectivity index (χ1n) is 9.24. The third-order valence-corrected chi connectivity index (χ3v) is 4.31. The van der Waals surface area contributed by atoms with Crippen molar-refractivity contribution in [3.63, 3.8) is 0 Å². The van der Waals surface area contributed by atoms with Crippen molar-refractivity contribution in [2.75, 3.05) is 32.4 Å². The molecular formula is C21H24N2O6. The molecule has 2 aromatic rings. The van der Waals surface area contributed by atoms with E-state index in [1.807, 2.05) is 49.3 Å². The Morgan fingerprint density at radius 2 is 1.79 bits per heavy atom. The Morgan fingerprint density at radius 3 is 2.45 bits per heavy atom. The molecule has 0 saturated heterocycles. The maximum atomic E-state index is 12.6. The molecule has 2 aromatic carbocycles. The number of hydrogen-bond acceptors (Lipinski definition) is 7. The number of nitrogens with one attached hydrogen (secondary N) is 1. The monoisotopic (exact) mass is 400 g/mol. The van der Waals surface area contributed by atoms with Crippen molar-refractivity contribution in [2.45, 2.75) is 19.6 Å². The van der Waals surface area contributed by atoms with Gasteiger partial charge in [-0.05, 0) is 18.6 Å². The third-order valence-electron chi connectivity index (χ3n) is 4.31. The molecule has 29 heavy (non-hydrogen) atoms. The maximum absolute atomic E-state index is 12.6. The molecule has 1 aliphatic rings. The second-order valence-corrected chi connectivity index (χ2v) is 6.55. The summed E-state index contributed by atoms with van der Waals surface area (Å²) in [5, 5.41) is 2.62. The molecule has 0 fully saturated rings. The highest BCUT2D eigenvalue weighted by molar-refractivity contribution is 5.85. The summed E-state index contributed by atoms with van der Waals surface area (Å²) in [5.41, 5.74) is 2.05. The predicted molar refractivity (Wildman–Crippen MR) is 106 cm³/mol. The van der Waals surface area contributed by atoms with Gasteiger partial charge in [-0.25, -0.2) is 9.59 Å². The fourth-order valence-corrected chi connectivity index (χ4v) is 2.94. The smallest absolute Gasteiger partial charge is 0.408 e. The van der Waals surface area contributed by atoms with Gasteiger partial charge >= 0.3 is 12.1 Å². The Bertz CT molecular complexity index is 869. The van der Waals surface area contributed by atoms with E-state index >= 15 is 0 Å². The predicted octanol–water partition coefficient (Wildman–Crippen LogP) is 3.01. The number of fused-ring (bicyclic) bond motifs is 1. The molecule has 0 aliphatic carbocycles. The molecule has 1 atom stereocenters. The standard InChI is InChI=1S/C21H24N2O6/c1-4-26-20(24)19(22-21(25)27-12-14-8-6-5-7-9-14)15-10-17-18(29-13-28-17)11-16(15)23(2)3/h5-11,19H,4,12-13H2,1-3H3,(H,22,25)/t19-/m0/s1. The van der Waals surface area contributed by atoms with E-state index < -0.39 is 18.1 Å². The number of benzene rings is 2. The Balaban J connectivity index is 1.84. The molecule has 0 aromatic heterocycles. The van der Waals surface area contributed by atoms with Crippen molar-refractivity contribution in [1.82, 2.24) is 5.32 Å². The number of rotatable bonds is 7. The van der Waals surface area contributed by atoms with Crippen molar-refractivity contribution in [1.29, 1.82) is 0 Å². The van der Waals surface area contributed by atoms with Gasteiger partial charge in [0.15, 0.2) is 17.5 Å². The number of alkyl carbamates (subject to hydrolysis) is 1. The molecule has 8 nitrogen and oxygen atoms in total. The second-order valence-electron chi connectivity index (χ2n) is 6.55. The lowest BCUT2D eigenvalue weighted by atomic mass is 10.0. The lowest BCUT2D eigenvalue weighted by Crippen LogP contribution is -2.36. The van der Waals surface area contributed by atoms with Gasteiger partial charge in [0.1, 0.15) is 6.61 Å². The number of amides is 1. The molecule has 0 bridgehead atoms. The van der Waals surface area contributed by atoms with Crippen LogP contribution in [-0.2, 0) is 20.9 Å². The zero-order chi connectivity index (χ0) is 20.8. The van der Waals surface area contributed by atoms with Gasteiger partial charge in [0.25, 0.3) is 0 Å². The van der Waals surface area contributed by atoms with Gasteiger partial charge in [0.2, 0.25) is 6.79 Å². The van der Waals surface area contributed by atoms with Gasteiger partial charge in [-0.15, -0.1) is 0 Å². The van der Waals surface area contributed by atoms with Gasteiger partial charge in [-0.3, -0.25) is 0 Å². The highest BCUT2D eigenvalue weighted by Gasteiger charge is 2.30.